The summed E-state index contributed by atoms with van der Waals surface area (Å²) in [5, 5.41) is 1.07. The SMILES string of the molecule is Cc1nc(C)c(C(N)Cc2cc(Br)cc3c2OCC3)s1. The predicted octanol–water partition coefficient (Wildman–Crippen LogP) is 3.70. The van der Waals surface area contributed by atoms with Gasteiger partial charge in [-0.05, 0) is 43.5 Å². The molecule has 0 saturated heterocycles. The van der Waals surface area contributed by atoms with Crippen LogP contribution < -0.4 is 10.5 Å². The van der Waals surface area contributed by atoms with E-state index in [1.807, 2.05) is 13.8 Å². The highest BCUT2D eigenvalue weighted by atomic mass is 79.9. The van der Waals surface area contributed by atoms with Crippen molar-refractivity contribution < 1.29 is 4.74 Å². The Balaban J connectivity index is 1.90. The minimum atomic E-state index is -0.0243. The monoisotopic (exact) mass is 352 g/mol. The van der Waals surface area contributed by atoms with Crippen molar-refractivity contribution in [3.8, 4) is 5.75 Å². The second-order valence-corrected chi connectivity index (χ2v) is 7.30. The van der Waals surface area contributed by atoms with Crippen LogP contribution in [0.5, 0.6) is 5.75 Å². The second kappa shape index (κ2) is 5.47. The summed E-state index contributed by atoms with van der Waals surface area (Å²) in [6.07, 6.45) is 1.76. The molecule has 3 rings (SSSR count). The molecule has 1 atom stereocenters. The van der Waals surface area contributed by atoms with Crippen LogP contribution in [0.15, 0.2) is 16.6 Å². The van der Waals surface area contributed by atoms with Gasteiger partial charge in [0.15, 0.2) is 0 Å². The van der Waals surface area contributed by atoms with E-state index in [-0.39, 0.29) is 6.04 Å². The molecule has 1 unspecified atom stereocenters. The Morgan fingerprint density at radius 3 is 2.95 bits per heavy atom. The van der Waals surface area contributed by atoms with Gasteiger partial charge in [-0.1, -0.05) is 15.9 Å². The lowest BCUT2D eigenvalue weighted by atomic mass is 10.0. The average molecular weight is 353 g/mol. The van der Waals surface area contributed by atoms with Gasteiger partial charge in [0.1, 0.15) is 5.75 Å². The summed E-state index contributed by atoms with van der Waals surface area (Å²) < 4.78 is 6.87. The zero-order valence-corrected chi connectivity index (χ0v) is 14.0. The molecule has 2 N–H and O–H groups in total. The van der Waals surface area contributed by atoms with Gasteiger partial charge in [0.2, 0.25) is 0 Å². The Labute approximate surface area is 131 Å². The number of aromatic nitrogens is 1. The second-order valence-electron chi connectivity index (χ2n) is 5.14. The highest BCUT2D eigenvalue weighted by Crippen LogP contribution is 2.36. The lowest BCUT2D eigenvalue weighted by molar-refractivity contribution is 0.352. The lowest BCUT2D eigenvalue weighted by Crippen LogP contribution is -2.13. The van der Waals surface area contributed by atoms with Gasteiger partial charge in [-0.15, -0.1) is 11.3 Å². The van der Waals surface area contributed by atoms with Gasteiger partial charge in [-0.2, -0.15) is 0 Å². The number of hydrogen-bond donors (Lipinski definition) is 1. The fourth-order valence-electron chi connectivity index (χ4n) is 2.72. The third-order valence-corrected chi connectivity index (χ3v) is 5.20. The molecular formula is C15H17BrN2OS. The molecule has 0 saturated carbocycles. The first kappa shape index (κ1) is 14.0. The van der Waals surface area contributed by atoms with Gasteiger partial charge in [0.05, 0.1) is 17.3 Å². The molecule has 5 heteroatoms. The maximum atomic E-state index is 6.38. The van der Waals surface area contributed by atoms with Crippen LogP contribution in [-0.2, 0) is 12.8 Å². The fourth-order valence-corrected chi connectivity index (χ4v) is 4.20. The molecule has 1 aromatic carbocycles. The third kappa shape index (κ3) is 2.62. The molecule has 2 aromatic rings. The zero-order chi connectivity index (χ0) is 14.3. The van der Waals surface area contributed by atoms with E-state index in [9.17, 15) is 0 Å². The van der Waals surface area contributed by atoms with Crippen LogP contribution in [-0.4, -0.2) is 11.6 Å². The molecule has 0 aliphatic carbocycles. The van der Waals surface area contributed by atoms with Crippen LogP contribution >= 0.6 is 27.3 Å². The van der Waals surface area contributed by atoms with E-state index in [0.29, 0.717) is 0 Å². The molecule has 20 heavy (non-hydrogen) atoms. The van der Waals surface area contributed by atoms with Crippen molar-refractivity contribution in [1.29, 1.82) is 0 Å². The van der Waals surface area contributed by atoms with Gasteiger partial charge in [-0.3, -0.25) is 0 Å². The first-order valence-electron chi connectivity index (χ1n) is 6.68. The van der Waals surface area contributed by atoms with Crippen LogP contribution in [0.4, 0.5) is 0 Å². The van der Waals surface area contributed by atoms with Crippen LogP contribution in [0.1, 0.15) is 32.7 Å². The molecule has 1 aliphatic heterocycles. The van der Waals surface area contributed by atoms with Crippen molar-refractivity contribution in [3.63, 3.8) is 0 Å². The maximum Gasteiger partial charge on any atom is 0.125 e. The summed E-state index contributed by atoms with van der Waals surface area (Å²) in [6, 6.07) is 4.23. The van der Waals surface area contributed by atoms with E-state index in [0.717, 1.165) is 40.4 Å². The molecule has 2 heterocycles. The number of nitrogens with two attached hydrogens (primary N) is 1. The van der Waals surface area contributed by atoms with E-state index >= 15 is 0 Å². The van der Waals surface area contributed by atoms with Crippen LogP contribution in [0.25, 0.3) is 0 Å². The molecule has 1 aromatic heterocycles. The Hall–Kier alpha value is -0.910. The number of thiazole rings is 1. The number of ether oxygens (including phenoxy) is 1. The Morgan fingerprint density at radius 2 is 2.25 bits per heavy atom. The van der Waals surface area contributed by atoms with E-state index < -0.39 is 0 Å². The van der Waals surface area contributed by atoms with Gasteiger partial charge in [-0.25, -0.2) is 4.98 Å². The first-order chi connectivity index (χ1) is 9.54. The largest absolute Gasteiger partial charge is 0.493 e. The zero-order valence-electron chi connectivity index (χ0n) is 11.6. The summed E-state index contributed by atoms with van der Waals surface area (Å²) in [5.74, 6) is 1.03. The Morgan fingerprint density at radius 1 is 1.45 bits per heavy atom. The van der Waals surface area contributed by atoms with Crippen molar-refractivity contribution in [3.05, 3.63) is 43.3 Å². The molecule has 0 fully saturated rings. The number of benzene rings is 1. The number of halogens is 1. The smallest absolute Gasteiger partial charge is 0.125 e. The first-order valence-corrected chi connectivity index (χ1v) is 8.29. The van der Waals surface area contributed by atoms with Gasteiger partial charge >= 0.3 is 0 Å². The van der Waals surface area contributed by atoms with Crippen molar-refractivity contribution in [1.82, 2.24) is 4.98 Å². The van der Waals surface area contributed by atoms with E-state index in [4.69, 9.17) is 10.5 Å². The summed E-state index contributed by atoms with van der Waals surface area (Å²) in [7, 11) is 0. The van der Waals surface area contributed by atoms with Crippen molar-refractivity contribution in [2.24, 2.45) is 5.73 Å². The molecule has 1 aliphatic rings. The number of nitrogens with zero attached hydrogens (tertiary/aromatic N) is 1. The Kier molecular flexibility index (Phi) is 3.84. The molecular weight excluding hydrogens is 336 g/mol. The number of hydrogen-bond acceptors (Lipinski definition) is 4. The maximum absolute atomic E-state index is 6.38. The third-order valence-electron chi connectivity index (χ3n) is 3.54. The van der Waals surface area contributed by atoms with Crippen molar-refractivity contribution in [2.75, 3.05) is 6.61 Å². The summed E-state index contributed by atoms with van der Waals surface area (Å²) >= 11 is 5.26. The number of fused-ring (bicyclic) bond motifs is 1. The van der Waals surface area contributed by atoms with Crippen LogP contribution in [0, 0.1) is 13.8 Å². The lowest BCUT2D eigenvalue weighted by Gasteiger charge is -2.14. The minimum absolute atomic E-state index is 0.0243. The normalized spacial score (nSPS) is 15.0. The molecule has 0 amide bonds. The molecule has 0 bridgehead atoms. The van der Waals surface area contributed by atoms with Crippen molar-refractivity contribution in [2.45, 2.75) is 32.7 Å². The number of rotatable bonds is 3. The van der Waals surface area contributed by atoms with Gasteiger partial charge in [0.25, 0.3) is 0 Å². The molecule has 3 nitrogen and oxygen atoms in total. The molecule has 0 spiro atoms. The summed E-state index contributed by atoms with van der Waals surface area (Å²) in [6.45, 7) is 4.82. The summed E-state index contributed by atoms with van der Waals surface area (Å²) in [5.41, 5.74) is 9.90. The minimum Gasteiger partial charge on any atom is -0.493 e. The standard InChI is InChI=1S/C15H17BrN2OS/c1-8-15(20-9(2)18-8)13(17)7-11-6-12(16)5-10-3-4-19-14(10)11/h5-6,13H,3-4,7,17H2,1-2H3. The highest BCUT2D eigenvalue weighted by molar-refractivity contribution is 9.10. The van der Waals surface area contributed by atoms with Gasteiger partial charge in [0, 0.05) is 21.8 Å². The predicted molar refractivity (Wildman–Crippen MR) is 85.6 cm³/mol. The van der Waals surface area contributed by atoms with E-state index in [1.54, 1.807) is 11.3 Å². The van der Waals surface area contributed by atoms with Gasteiger partial charge < -0.3 is 10.5 Å². The van der Waals surface area contributed by atoms with E-state index in [1.165, 1.54) is 16.0 Å². The summed E-state index contributed by atoms with van der Waals surface area (Å²) in [4.78, 5) is 5.64. The van der Waals surface area contributed by atoms with Crippen LogP contribution in [0.2, 0.25) is 0 Å². The Bertz CT molecular complexity index is 654. The van der Waals surface area contributed by atoms with Crippen molar-refractivity contribution >= 4 is 27.3 Å². The molecule has 106 valence electrons. The van der Waals surface area contributed by atoms with Crippen LogP contribution in [0.3, 0.4) is 0 Å². The number of aryl methyl sites for hydroxylation is 2. The molecule has 0 radical (unpaired) electrons. The topological polar surface area (TPSA) is 48.1 Å². The quantitative estimate of drug-likeness (QED) is 0.915. The highest BCUT2D eigenvalue weighted by Gasteiger charge is 2.21. The van der Waals surface area contributed by atoms with E-state index in [2.05, 4.69) is 33.0 Å². The average Bonchev–Trinajstić information content (AvgIpc) is 2.95. The fraction of sp³-hybridized carbons (Fsp3) is 0.400.